The summed E-state index contributed by atoms with van der Waals surface area (Å²) in [7, 11) is 1.59. The number of halogens is 1. The molecule has 1 fully saturated rings. The van der Waals surface area contributed by atoms with Crippen molar-refractivity contribution < 1.29 is 13.9 Å². The van der Waals surface area contributed by atoms with Crippen LogP contribution in [0.15, 0.2) is 67.0 Å². The topological polar surface area (TPSA) is 56.6 Å². The summed E-state index contributed by atoms with van der Waals surface area (Å²) >= 11 is 0. The smallest absolute Gasteiger partial charge is 0.232 e. The number of carbonyl (C=O) groups is 1. The highest BCUT2D eigenvalue weighted by atomic mass is 19.1. The first-order valence-corrected chi connectivity index (χ1v) is 11.2. The molecule has 0 aromatic heterocycles. The molecule has 0 radical (unpaired) electrons. The fraction of sp³-hybridized carbons (Fsp3) is 0.333. The van der Waals surface area contributed by atoms with Crippen molar-refractivity contribution in [1.82, 2.24) is 4.90 Å². The Morgan fingerprint density at radius 1 is 1.27 bits per heavy atom. The average molecular weight is 450 g/mol. The Kier molecular flexibility index (Phi) is 7.69. The van der Waals surface area contributed by atoms with Crippen molar-refractivity contribution in [2.24, 2.45) is 5.92 Å². The lowest BCUT2D eigenvalue weighted by atomic mass is 9.87. The Labute approximate surface area is 195 Å². The minimum absolute atomic E-state index is 0.0663. The summed E-state index contributed by atoms with van der Waals surface area (Å²) in [4.78, 5) is 17.0. The van der Waals surface area contributed by atoms with Crippen LogP contribution < -0.4 is 9.64 Å². The molecule has 0 bridgehead atoms. The molecular weight excluding hydrogens is 417 g/mol. The highest BCUT2D eigenvalue weighted by Gasteiger charge is 2.35. The summed E-state index contributed by atoms with van der Waals surface area (Å²) in [5, 5.41) is 8.83. The largest absolute Gasteiger partial charge is 0.495 e. The second-order valence-electron chi connectivity index (χ2n) is 8.55. The zero-order chi connectivity index (χ0) is 24.1. The number of anilines is 1. The van der Waals surface area contributed by atoms with Gasteiger partial charge in [-0.15, -0.1) is 0 Å². The van der Waals surface area contributed by atoms with Crippen LogP contribution in [-0.2, 0) is 4.79 Å². The van der Waals surface area contributed by atoms with Gasteiger partial charge in [0.15, 0.2) is 0 Å². The summed E-state index contributed by atoms with van der Waals surface area (Å²) in [6.07, 6.45) is 5.10. The van der Waals surface area contributed by atoms with Crippen molar-refractivity contribution in [3.8, 4) is 5.75 Å². The van der Waals surface area contributed by atoms with E-state index in [1.165, 1.54) is 12.1 Å². The summed E-state index contributed by atoms with van der Waals surface area (Å²) in [6.45, 7) is 10.4. The first-order chi connectivity index (χ1) is 15.8. The molecule has 174 valence electrons. The Morgan fingerprint density at radius 3 is 2.58 bits per heavy atom. The van der Waals surface area contributed by atoms with Gasteiger partial charge in [-0.05, 0) is 69.0 Å². The van der Waals surface area contributed by atoms with Crippen LogP contribution in [-0.4, -0.2) is 30.2 Å². The Morgan fingerprint density at radius 2 is 1.97 bits per heavy atom. The molecule has 1 saturated heterocycles. The average Bonchev–Trinajstić information content (AvgIpc) is 2.82. The van der Waals surface area contributed by atoms with E-state index in [-0.39, 0.29) is 23.5 Å². The number of ether oxygens (including phenoxy) is 1. The molecule has 6 heteroatoms. The number of carbonyl (C=O) groups excluding carboxylic acids is 1. The van der Waals surface area contributed by atoms with Gasteiger partial charge < -0.3 is 19.9 Å². The highest BCUT2D eigenvalue weighted by molar-refractivity contribution is 6.12. The van der Waals surface area contributed by atoms with Crippen molar-refractivity contribution >= 4 is 17.3 Å². The summed E-state index contributed by atoms with van der Waals surface area (Å²) in [6, 6.07) is 11.6. The lowest BCUT2D eigenvalue weighted by Gasteiger charge is -2.37. The van der Waals surface area contributed by atoms with Crippen LogP contribution in [0.1, 0.15) is 50.8 Å². The maximum absolute atomic E-state index is 13.4. The SMILES string of the molecule is C=CN(C=C(C)C)c1ccc(C(=N)C2CCCN(C(C)c3ccc(F)cc3)C2=O)cc1OC. The number of allylic oxidation sites excluding steroid dienone is 1. The molecule has 2 aromatic rings. The minimum atomic E-state index is -0.523. The van der Waals surface area contributed by atoms with Crippen molar-refractivity contribution in [3.05, 3.63) is 84.0 Å². The standard InChI is InChI=1S/C27H32FN3O2/c1-6-30(17-18(2)3)24-14-11-21(16-25(24)33-5)26(29)23-8-7-15-31(27(23)32)19(4)20-9-12-22(28)13-10-20/h6,9-14,16-17,19,23,29H,1,7-8,15H2,2-5H3. The number of hydrogen-bond donors (Lipinski definition) is 1. The van der Waals surface area contributed by atoms with Gasteiger partial charge in [-0.2, -0.15) is 0 Å². The van der Waals surface area contributed by atoms with Gasteiger partial charge in [-0.3, -0.25) is 4.79 Å². The van der Waals surface area contributed by atoms with E-state index in [4.69, 9.17) is 10.1 Å². The van der Waals surface area contributed by atoms with E-state index in [1.807, 2.05) is 50.1 Å². The summed E-state index contributed by atoms with van der Waals surface area (Å²) < 4.78 is 18.9. The third-order valence-corrected chi connectivity index (χ3v) is 6.00. The number of hydrogen-bond acceptors (Lipinski definition) is 4. The van der Waals surface area contributed by atoms with Gasteiger partial charge in [0, 0.05) is 18.9 Å². The number of benzene rings is 2. The van der Waals surface area contributed by atoms with Crippen LogP contribution in [0.3, 0.4) is 0 Å². The molecule has 3 rings (SSSR count). The maximum Gasteiger partial charge on any atom is 0.232 e. The molecule has 0 saturated carbocycles. The van der Waals surface area contributed by atoms with Gasteiger partial charge in [-0.1, -0.05) is 30.4 Å². The summed E-state index contributed by atoms with van der Waals surface area (Å²) in [5.74, 6) is -0.282. The zero-order valence-electron chi connectivity index (χ0n) is 19.8. The van der Waals surface area contributed by atoms with Gasteiger partial charge in [-0.25, -0.2) is 4.39 Å². The number of rotatable bonds is 8. The van der Waals surface area contributed by atoms with Crippen LogP contribution in [0.2, 0.25) is 0 Å². The second-order valence-corrected chi connectivity index (χ2v) is 8.55. The molecule has 33 heavy (non-hydrogen) atoms. The first-order valence-electron chi connectivity index (χ1n) is 11.2. The molecule has 2 atom stereocenters. The Hall–Kier alpha value is -3.41. The van der Waals surface area contributed by atoms with Crippen molar-refractivity contribution in [3.63, 3.8) is 0 Å². The third kappa shape index (κ3) is 5.33. The predicted molar refractivity (Wildman–Crippen MR) is 131 cm³/mol. The van der Waals surface area contributed by atoms with E-state index in [9.17, 15) is 9.18 Å². The Balaban J connectivity index is 1.85. The van der Waals surface area contributed by atoms with E-state index < -0.39 is 5.92 Å². The predicted octanol–water partition coefficient (Wildman–Crippen LogP) is 6.08. The second kappa shape index (κ2) is 10.5. The molecule has 5 nitrogen and oxygen atoms in total. The molecule has 1 aliphatic rings. The van der Waals surface area contributed by atoms with E-state index >= 15 is 0 Å². The number of methoxy groups -OCH3 is 1. The lowest BCUT2D eigenvalue weighted by molar-refractivity contribution is -0.138. The molecule has 2 aromatic carbocycles. The van der Waals surface area contributed by atoms with Crippen LogP contribution in [0.4, 0.5) is 10.1 Å². The molecule has 0 spiro atoms. The monoisotopic (exact) mass is 449 g/mol. The van der Waals surface area contributed by atoms with Gasteiger partial charge >= 0.3 is 0 Å². The van der Waals surface area contributed by atoms with Crippen LogP contribution >= 0.6 is 0 Å². The Bertz CT molecular complexity index is 1060. The van der Waals surface area contributed by atoms with E-state index in [0.717, 1.165) is 23.2 Å². The number of likely N-dealkylation sites (tertiary alicyclic amines) is 1. The van der Waals surface area contributed by atoms with Crippen LogP contribution in [0.5, 0.6) is 5.75 Å². The van der Waals surface area contributed by atoms with Crippen molar-refractivity contribution in [2.45, 2.75) is 39.7 Å². The number of nitrogens with one attached hydrogen (secondary N) is 1. The molecular formula is C27H32FN3O2. The molecule has 1 amide bonds. The maximum atomic E-state index is 13.4. The first kappa shape index (κ1) is 24.2. The molecule has 1 aliphatic heterocycles. The quantitative estimate of drug-likeness (QED) is 0.497. The summed E-state index contributed by atoms with van der Waals surface area (Å²) in [5.41, 5.74) is 3.75. The van der Waals surface area contributed by atoms with Crippen molar-refractivity contribution in [1.29, 1.82) is 5.41 Å². The number of nitrogens with zero attached hydrogens (tertiary/aromatic N) is 2. The van der Waals surface area contributed by atoms with E-state index in [0.29, 0.717) is 24.3 Å². The van der Waals surface area contributed by atoms with Gasteiger partial charge in [0.1, 0.15) is 11.6 Å². The number of piperidine rings is 1. The van der Waals surface area contributed by atoms with Gasteiger partial charge in [0.05, 0.1) is 30.5 Å². The van der Waals surface area contributed by atoms with Crippen LogP contribution in [0, 0.1) is 17.1 Å². The van der Waals surface area contributed by atoms with Gasteiger partial charge in [0.25, 0.3) is 0 Å². The molecule has 2 unspecified atom stereocenters. The lowest BCUT2D eigenvalue weighted by Crippen LogP contribution is -2.45. The highest BCUT2D eigenvalue weighted by Crippen LogP contribution is 2.34. The zero-order valence-corrected chi connectivity index (χ0v) is 19.8. The van der Waals surface area contributed by atoms with E-state index in [2.05, 4.69) is 6.58 Å². The molecule has 1 N–H and O–H groups in total. The fourth-order valence-corrected chi connectivity index (χ4v) is 4.23. The minimum Gasteiger partial charge on any atom is -0.495 e. The normalized spacial score (nSPS) is 16.7. The molecule has 1 heterocycles. The number of amides is 1. The van der Waals surface area contributed by atoms with Gasteiger partial charge in [0.2, 0.25) is 5.91 Å². The van der Waals surface area contributed by atoms with E-state index in [1.54, 1.807) is 30.3 Å². The fourth-order valence-electron chi connectivity index (χ4n) is 4.23. The molecule has 0 aliphatic carbocycles. The third-order valence-electron chi connectivity index (χ3n) is 6.00. The van der Waals surface area contributed by atoms with Crippen molar-refractivity contribution in [2.75, 3.05) is 18.6 Å². The van der Waals surface area contributed by atoms with Crippen LogP contribution in [0.25, 0.3) is 0 Å².